The number of aromatic amines is 1. The first-order chi connectivity index (χ1) is 18.4. The van der Waals surface area contributed by atoms with Gasteiger partial charge in [-0.1, -0.05) is 30.0 Å². The van der Waals surface area contributed by atoms with Crippen LogP contribution in [0.4, 0.5) is 11.5 Å². The zero-order valence-electron chi connectivity index (χ0n) is 20.3. The predicted molar refractivity (Wildman–Crippen MR) is 145 cm³/mol. The smallest absolute Gasteiger partial charge is 0.269 e. The van der Waals surface area contributed by atoms with E-state index in [-0.39, 0.29) is 10.7 Å². The molecule has 0 saturated carbocycles. The molecule has 8 nitrogen and oxygen atoms in total. The highest BCUT2D eigenvalue weighted by atomic mass is 32.2. The molecule has 0 spiro atoms. The van der Waals surface area contributed by atoms with Gasteiger partial charge in [0.1, 0.15) is 11.9 Å². The molecule has 1 aliphatic heterocycles. The maximum absolute atomic E-state index is 14.1. The molecular formula is C29H24N4O4S. The van der Waals surface area contributed by atoms with Crippen LogP contribution in [0.2, 0.25) is 0 Å². The Bertz CT molecular complexity index is 1800. The fourth-order valence-electron chi connectivity index (χ4n) is 4.54. The van der Waals surface area contributed by atoms with Crippen molar-refractivity contribution in [1.82, 2.24) is 15.0 Å². The van der Waals surface area contributed by atoms with Crippen LogP contribution in [0, 0.1) is 11.8 Å². The zero-order chi connectivity index (χ0) is 26.2. The first-order valence-electron chi connectivity index (χ1n) is 12.2. The Kier molecular flexibility index (Phi) is 6.08. The van der Waals surface area contributed by atoms with E-state index >= 15 is 0 Å². The van der Waals surface area contributed by atoms with Crippen molar-refractivity contribution in [2.24, 2.45) is 0 Å². The Hall–Kier alpha value is -4.23. The number of aliphatic hydroxyl groups is 1. The van der Waals surface area contributed by atoms with Crippen molar-refractivity contribution in [3.8, 4) is 11.8 Å². The Morgan fingerprint density at radius 1 is 0.974 bits per heavy atom. The van der Waals surface area contributed by atoms with Gasteiger partial charge in [-0.3, -0.25) is 0 Å². The van der Waals surface area contributed by atoms with Gasteiger partial charge in [0.2, 0.25) is 0 Å². The number of fused-ring (bicyclic) bond motifs is 2. The lowest BCUT2D eigenvalue weighted by Crippen LogP contribution is -2.34. The van der Waals surface area contributed by atoms with Crippen LogP contribution in [0.1, 0.15) is 18.4 Å². The third-order valence-corrected chi connectivity index (χ3v) is 8.35. The average Bonchev–Trinajstić information content (AvgIpc) is 3.41. The molecule has 0 atom stereocenters. The normalized spacial score (nSPS) is 15.2. The zero-order valence-corrected chi connectivity index (χ0v) is 21.1. The van der Waals surface area contributed by atoms with E-state index in [1.807, 2.05) is 24.4 Å². The van der Waals surface area contributed by atoms with Crippen LogP contribution >= 0.6 is 0 Å². The largest absolute Gasteiger partial charge is 0.381 e. The monoisotopic (exact) mass is 524 g/mol. The fraction of sp³-hybridized carbons (Fsp3) is 0.172. The van der Waals surface area contributed by atoms with E-state index in [1.165, 1.54) is 10.6 Å². The summed E-state index contributed by atoms with van der Waals surface area (Å²) in [5.41, 5.74) is 1.40. The van der Waals surface area contributed by atoms with Gasteiger partial charge in [-0.2, -0.15) is 0 Å². The van der Waals surface area contributed by atoms with Crippen molar-refractivity contribution in [2.75, 3.05) is 17.5 Å². The minimum absolute atomic E-state index is 0.138. The Morgan fingerprint density at radius 2 is 1.79 bits per heavy atom. The van der Waals surface area contributed by atoms with Gasteiger partial charge in [0.25, 0.3) is 10.0 Å². The van der Waals surface area contributed by atoms with E-state index in [4.69, 9.17) is 4.74 Å². The van der Waals surface area contributed by atoms with Crippen molar-refractivity contribution < 1.29 is 18.3 Å². The quantitative estimate of drug-likeness (QED) is 0.335. The molecule has 0 aliphatic carbocycles. The molecule has 1 saturated heterocycles. The first-order valence-corrected chi connectivity index (χ1v) is 13.6. The molecule has 0 amide bonds. The lowest BCUT2D eigenvalue weighted by atomic mass is 9.95. The SMILES string of the molecule is O=S(=O)(c1ccccc1)N(c1ccc2[nH]ccc2c1)c1ncnc2ccc(C#CC3(O)CCOCC3)cc12. The molecule has 5 aromatic rings. The molecule has 38 heavy (non-hydrogen) atoms. The van der Waals surface area contributed by atoms with E-state index in [9.17, 15) is 13.5 Å². The highest BCUT2D eigenvalue weighted by molar-refractivity contribution is 7.93. The van der Waals surface area contributed by atoms with Crippen LogP contribution in [0.25, 0.3) is 21.8 Å². The minimum atomic E-state index is -4.06. The number of hydrogen-bond acceptors (Lipinski definition) is 6. The minimum Gasteiger partial charge on any atom is -0.381 e. The van der Waals surface area contributed by atoms with Crippen molar-refractivity contribution in [1.29, 1.82) is 0 Å². The summed E-state index contributed by atoms with van der Waals surface area (Å²) in [6, 6.07) is 20.9. The Balaban J connectivity index is 1.53. The van der Waals surface area contributed by atoms with Crippen molar-refractivity contribution in [3.05, 3.63) is 90.9 Å². The molecule has 1 fully saturated rings. The standard InChI is InChI=1S/C29H24N4O4S/c34-29(13-16-37-17-14-29)12-10-21-6-8-27-25(18-21)28(32-20-31-27)33(38(35,36)24-4-2-1-3-5-24)23-7-9-26-22(19-23)11-15-30-26/h1-9,11,15,18-20,30,34H,13-14,16-17H2. The summed E-state index contributed by atoms with van der Waals surface area (Å²) < 4.78 is 34.8. The van der Waals surface area contributed by atoms with Crippen LogP contribution in [-0.4, -0.2) is 47.3 Å². The summed E-state index contributed by atoms with van der Waals surface area (Å²) in [4.78, 5) is 12.1. The van der Waals surface area contributed by atoms with Crippen LogP contribution in [0.15, 0.2) is 90.2 Å². The Morgan fingerprint density at radius 3 is 2.61 bits per heavy atom. The topological polar surface area (TPSA) is 108 Å². The number of hydrogen-bond donors (Lipinski definition) is 2. The van der Waals surface area contributed by atoms with Gasteiger partial charge in [0.15, 0.2) is 5.82 Å². The fourth-order valence-corrected chi connectivity index (χ4v) is 6.02. The van der Waals surface area contributed by atoms with Gasteiger partial charge in [0.05, 0.1) is 29.3 Å². The summed E-state index contributed by atoms with van der Waals surface area (Å²) in [6.45, 7) is 0.914. The first kappa shape index (κ1) is 24.1. The molecule has 0 radical (unpaired) electrons. The van der Waals surface area contributed by atoms with Crippen molar-refractivity contribution in [2.45, 2.75) is 23.3 Å². The lowest BCUT2D eigenvalue weighted by molar-refractivity contribution is -0.0261. The van der Waals surface area contributed by atoms with Gasteiger partial charge < -0.3 is 14.8 Å². The number of benzene rings is 3. The van der Waals surface area contributed by atoms with Crippen LogP contribution in [0.3, 0.4) is 0 Å². The molecule has 3 heterocycles. The molecule has 2 aromatic heterocycles. The second kappa shape index (κ2) is 9.58. The number of aromatic nitrogens is 3. The molecule has 0 unspecified atom stereocenters. The van der Waals surface area contributed by atoms with E-state index in [0.29, 0.717) is 48.2 Å². The van der Waals surface area contributed by atoms with E-state index in [2.05, 4.69) is 26.8 Å². The number of nitrogens with zero attached hydrogens (tertiary/aromatic N) is 3. The predicted octanol–water partition coefficient (Wildman–Crippen LogP) is 4.53. The molecule has 3 aromatic carbocycles. The van der Waals surface area contributed by atoms with Crippen molar-refractivity contribution in [3.63, 3.8) is 0 Å². The average molecular weight is 525 g/mol. The number of rotatable bonds is 4. The number of sulfonamides is 1. The van der Waals surface area contributed by atoms with Crippen LogP contribution < -0.4 is 4.31 Å². The Labute approximate surface area is 220 Å². The second-order valence-electron chi connectivity index (χ2n) is 9.15. The molecule has 6 rings (SSSR count). The van der Waals surface area contributed by atoms with Crippen LogP contribution in [0.5, 0.6) is 0 Å². The molecule has 1 aliphatic rings. The molecule has 9 heteroatoms. The number of ether oxygens (including phenoxy) is 1. The van der Waals surface area contributed by atoms with E-state index < -0.39 is 15.6 Å². The second-order valence-corrected chi connectivity index (χ2v) is 10.9. The van der Waals surface area contributed by atoms with Gasteiger partial charge in [-0.15, -0.1) is 0 Å². The summed E-state index contributed by atoms with van der Waals surface area (Å²) in [5.74, 6) is 6.25. The molecule has 190 valence electrons. The summed E-state index contributed by atoms with van der Waals surface area (Å²) in [5, 5.41) is 12.2. The highest BCUT2D eigenvalue weighted by Gasteiger charge is 2.30. The van der Waals surface area contributed by atoms with Gasteiger partial charge in [-0.25, -0.2) is 22.7 Å². The van der Waals surface area contributed by atoms with Gasteiger partial charge in [0, 0.05) is 40.9 Å². The third-order valence-electron chi connectivity index (χ3n) is 6.62. The van der Waals surface area contributed by atoms with Gasteiger partial charge >= 0.3 is 0 Å². The molecular weight excluding hydrogens is 500 g/mol. The molecule has 2 N–H and O–H groups in total. The summed E-state index contributed by atoms with van der Waals surface area (Å²) in [7, 11) is -4.06. The third kappa shape index (κ3) is 4.50. The van der Waals surface area contributed by atoms with E-state index in [0.717, 1.165) is 10.9 Å². The van der Waals surface area contributed by atoms with Crippen molar-refractivity contribution >= 4 is 43.3 Å². The summed E-state index contributed by atoms with van der Waals surface area (Å²) >= 11 is 0. The number of nitrogens with one attached hydrogen (secondary N) is 1. The van der Waals surface area contributed by atoms with Crippen LogP contribution in [-0.2, 0) is 14.8 Å². The molecule has 0 bridgehead atoms. The highest BCUT2D eigenvalue weighted by Crippen LogP contribution is 2.36. The lowest BCUT2D eigenvalue weighted by Gasteiger charge is -2.26. The summed E-state index contributed by atoms with van der Waals surface area (Å²) in [6.07, 6.45) is 4.04. The number of anilines is 2. The van der Waals surface area contributed by atoms with E-state index in [1.54, 1.807) is 54.6 Å². The maximum atomic E-state index is 14.1. The maximum Gasteiger partial charge on any atom is 0.269 e. The van der Waals surface area contributed by atoms with Gasteiger partial charge in [-0.05, 0) is 54.6 Å². The number of H-pyrrole nitrogens is 1.